The lowest BCUT2D eigenvalue weighted by Gasteiger charge is -2.31. The van der Waals surface area contributed by atoms with Gasteiger partial charge < -0.3 is 14.2 Å². The first kappa shape index (κ1) is 41.9. The maximum atomic E-state index is 6.54. The van der Waals surface area contributed by atoms with Crippen LogP contribution in [-0.4, -0.2) is 62.7 Å². The maximum absolute atomic E-state index is 6.54. The minimum atomic E-state index is 0.0154. The van der Waals surface area contributed by atoms with Crippen LogP contribution in [0.4, 0.5) is 0 Å². The smallest absolute Gasteiger partial charge is 0.154 e. The van der Waals surface area contributed by atoms with E-state index in [1.807, 2.05) is 0 Å². The molecule has 0 radical (unpaired) electrons. The number of rotatable bonds is 28. The van der Waals surface area contributed by atoms with Gasteiger partial charge in [-0.25, -0.2) is 0 Å². The lowest BCUT2D eigenvalue weighted by atomic mass is 10.1. The van der Waals surface area contributed by atoms with E-state index in [0.29, 0.717) is 13.2 Å². The van der Waals surface area contributed by atoms with Crippen molar-refractivity contribution < 1.29 is 14.2 Å². The molecule has 47 heavy (non-hydrogen) atoms. The van der Waals surface area contributed by atoms with Crippen LogP contribution in [0.15, 0.2) is 24.3 Å². The predicted molar refractivity (Wildman–Crippen MR) is 203 cm³/mol. The molecule has 1 aromatic rings. The van der Waals surface area contributed by atoms with Gasteiger partial charge in [-0.05, 0) is 39.1 Å². The zero-order valence-corrected chi connectivity index (χ0v) is 31.8. The van der Waals surface area contributed by atoms with E-state index in [0.717, 1.165) is 37.4 Å². The minimum absolute atomic E-state index is 0.0154. The molecule has 0 amide bonds. The van der Waals surface area contributed by atoms with Gasteiger partial charge in [-0.15, -0.1) is 0 Å². The highest BCUT2D eigenvalue weighted by Crippen LogP contribution is 2.25. The molecule has 0 aliphatic carbocycles. The lowest BCUT2D eigenvalue weighted by Crippen LogP contribution is -2.40. The first-order valence-corrected chi connectivity index (χ1v) is 20.6. The number of benzene rings is 1. The van der Waals surface area contributed by atoms with Crippen molar-refractivity contribution in [2.75, 3.05) is 40.4 Å². The highest BCUT2D eigenvalue weighted by molar-refractivity contribution is 5.33. The van der Waals surface area contributed by atoms with Crippen LogP contribution in [0, 0.1) is 0 Å². The number of hydrogen-bond donors (Lipinski definition) is 0. The van der Waals surface area contributed by atoms with Crippen molar-refractivity contribution in [3.8, 4) is 11.5 Å². The molecule has 1 aliphatic rings. The van der Waals surface area contributed by atoms with Crippen LogP contribution in [0.3, 0.4) is 0 Å². The summed E-state index contributed by atoms with van der Waals surface area (Å²) >= 11 is 0. The second kappa shape index (κ2) is 29.6. The number of nitrogens with zero attached hydrogens (tertiary/aromatic N) is 2. The Morgan fingerprint density at radius 3 is 1.15 bits per heavy atom. The summed E-state index contributed by atoms with van der Waals surface area (Å²) < 4.78 is 19.2. The van der Waals surface area contributed by atoms with Gasteiger partial charge in [0.25, 0.3) is 0 Å². The fraction of sp³-hybridized carbons (Fsp3) is 0.857. The van der Waals surface area contributed by atoms with E-state index in [2.05, 4.69) is 62.0 Å². The van der Waals surface area contributed by atoms with E-state index < -0.39 is 0 Å². The molecule has 0 spiro atoms. The van der Waals surface area contributed by atoms with Gasteiger partial charge in [0.15, 0.2) is 12.5 Å². The number of unbranched alkanes of at least 4 members (excludes halogenated alkanes) is 22. The normalized spacial score (nSPS) is 17.3. The summed E-state index contributed by atoms with van der Waals surface area (Å²) in [7, 11) is 4.41. The standard InChI is InChI=1S/C42H78N2O3/c1-5-7-9-11-13-15-17-19-21-23-25-27-34-43(3)41-32-36-45-37-33-42(47-40-31-29-30-39(38-40)46-41)44(4)35-28-26-24-22-20-18-16-14-12-10-8-6-2/h29-31,38,41-42H,5-28,32-37H2,1-4H3. The van der Waals surface area contributed by atoms with Gasteiger partial charge in [0, 0.05) is 32.0 Å². The first-order chi connectivity index (χ1) is 23.1. The van der Waals surface area contributed by atoms with Crippen molar-refractivity contribution in [2.45, 2.75) is 193 Å². The molecule has 0 N–H and O–H groups in total. The van der Waals surface area contributed by atoms with Gasteiger partial charge in [-0.3, -0.25) is 9.80 Å². The van der Waals surface area contributed by atoms with Crippen LogP contribution < -0.4 is 9.47 Å². The van der Waals surface area contributed by atoms with E-state index in [-0.39, 0.29) is 12.5 Å². The molecule has 1 heterocycles. The largest absolute Gasteiger partial charge is 0.475 e. The summed E-state index contributed by atoms with van der Waals surface area (Å²) in [6, 6.07) is 8.28. The monoisotopic (exact) mass is 659 g/mol. The molecule has 0 saturated heterocycles. The van der Waals surface area contributed by atoms with E-state index >= 15 is 0 Å². The molecule has 0 fully saturated rings. The fourth-order valence-electron chi connectivity index (χ4n) is 6.84. The first-order valence-electron chi connectivity index (χ1n) is 20.6. The second-order valence-corrected chi connectivity index (χ2v) is 14.5. The number of ether oxygens (including phenoxy) is 3. The zero-order valence-electron chi connectivity index (χ0n) is 31.8. The fourth-order valence-corrected chi connectivity index (χ4v) is 6.84. The summed E-state index contributed by atoms with van der Waals surface area (Å²) in [5.74, 6) is 1.77. The predicted octanol–water partition coefficient (Wildman–Crippen LogP) is 12.2. The SMILES string of the molecule is CCCCCCCCCCCCCCN(C)C1CCOCCC(N(C)CCCCCCCCCCCCCC)Oc2cccc(c2)O1. The van der Waals surface area contributed by atoms with Crippen LogP contribution >= 0.6 is 0 Å². The van der Waals surface area contributed by atoms with Crippen molar-refractivity contribution in [3.63, 3.8) is 0 Å². The third-order valence-corrected chi connectivity index (χ3v) is 10.1. The van der Waals surface area contributed by atoms with Crippen LogP contribution in [0.1, 0.15) is 181 Å². The van der Waals surface area contributed by atoms with Crippen LogP contribution in [0.5, 0.6) is 11.5 Å². The third-order valence-electron chi connectivity index (χ3n) is 10.1. The van der Waals surface area contributed by atoms with E-state index in [1.165, 1.54) is 154 Å². The van der Waals surface area contributed by atoms with Crippen molar-refractivity contribution in [2.24, 2.45) is 0 Å². The Labute approximate surface area is 292 Å². The van der Waals surface area contributed by atoms with Crippen LogP contribution in [0.25, 0.3) is 0 Å². The molecule has 2 atom stereocenters. The van der Waals surface area contributed by atoms with Crippen molar-refractivity contribution in [3.05, 3.63) is 24.3 Å². The zero-order chi connectivity index (χ0) is 33.6. The van der Waals surface area contributed by atoms with E-state index in [4.69, 9.17) is 14.2 Å². The van der Waals surface area contributed by atoms with Crippen LogP contribution in [-0.2, 0) is 4.74 Å². The second-order valence-electron chi connectivity index (χ2n) is 14.5. The molecule has 2 unspecified atom stereocenters. The Balaban J connectivity index is 1.65. The average molecular weight is 659 g/mol. The molecule has 0 aromatic heterocycles. The summed E-state index contributed by atoms with van der Waals surface area (Å²) in [4.78, 5) is 4.76. The molecule has 1 aromatic carbocycles. The minimum Gasteiger partial charge on any atom is -0.475 e. The van der Waals surface area contributed by atoms with Gasteiger partial charge in [0.1, 0.15) is 11.5 Å². The van der Waals surface area contributed by atoms with Gasteiger partial charge >= 0.3 is 0 Å². The average Bonchev–Trinajstić information content (AvgIpc) is 3.07. The molecule has 0 saturated carbocycles. The highest BCUT2D eigenvalue weighted by atomic mass is 16.5. The van der Waals surface area contributed by atoms with Crippen molar-refractivity contribution >= 4 is 0 Å². The number of fused-ring (bicyclic) bond motifs is 2. The van der Waals surface area contributed by atoms with Gasteiger partial charge in [-0.2, -0.15) is 0 Å². The summed E-state index contributed by atoms with van der Waals surface area (Å²) in [5, 5.41) is 0. The highest BCUT2D eigenvalue weighted by Gasteiger charge is 2.21. The van der Waals surface area contributed by atoms with Gasteiger partial charge in [0.2, 0.25) is 0 Å². The third kappa shape index (κ3) is 22.1. The molecule has 2 rings (SSSR count). The van der Waals surface area contributed by atoms with Crippen molar-refractivity contribution in [1.82, 2.24) is 9.80 Å². The molecule has 274 valence electrons. The summed E-state index contributed by atoms with van der Waals surface area (Å²) in [6.07, 6.45) is 34.9. The number of hydrogen-bond acceptors (Lipinski definition) is 5. The topological polar surface area (TPSA) is 34.2 Å². The quantitative estimate of drug-likeness (QED) is 0.0837. The van der Waals surface area contributed by atoms with Crippen LogP contribution in [0.2, 0.25) is 0 Å². The Kier molecular flexibility index (Phi) is 26.4. The molecule has 2 bridgehead atoms. The van der Waals surface area contributed by atoms with Gasteiger partial charge in [0.05, 0.1) is 13.2 Å². The van der Waals surface area contributed by atoms with Gasteiger partial charge in [-0.1, -0.05) is 161 Å². The molecule has 1 aliphatic heterocycles. The maximum Gasteiger partial charge on any atom is 0.154 e. The Morgan fingerprint density at radius 2 is 0.809 bits per heavy atom. The molecular formula is C42H78N2O3. The summed E-state index contributed by atoms with van der Waals surface area (Å²) in [5.41, 5.74) is 0. The lowest BCUT2D eigenvalue weighted by molar-refractivity contribution is -0.0157. The molecular weight excluding hydrogens is 580 g/mol. The van der Waals surface area contributed by atoms with Crippen molar-refractivity contribution in [1.29, 1.82) is 0 Å². The molecule has 5 heteroatoms. The van der Waals surface area contributed by atoms with E-state index in [1.54, 1.807) is 0 Å². The Morgan fingerprint density at radius 1 is 0.489 bits per heavy atom. The molecule has 5 nitrogen and oxygen atoms in total. The summed E-state index contributed by atoms with van der Waals surface area (Å²) in [6.45, 7) is 8.13. The van der Waals surface area contributed by atoms with E-state index in [9.17, 15) is 0 Å². The Bertz CT molecular complexity index is 760. The Hall–Kier alpha value is -1.30.